The minimum atomic E-state index is -1.75. The molecule has 0 fully saturated rings. The first kappa shape index (κ1) is 22.4. The molecule has 8 nitrogen and oxygen atoms in total. The van der Waals surface area contributed by atoms with E-state index in [2.05, 4.69) is 0 Å². The summed E-state index contributed by atoms with van der Waals surface area (Å²) in [5, 5.41) is 29.5. The monoisotopic (exact) mass is 223 g/mol. The van der Waals surface area contributed by atoms with E-state index in [1.54, 1.807) is 0 Å². The Balaban J connectivity index is -0.0000000300. The summed E-state index contributed by atoms with van der Waals surface area (Å²) >= 11 is 0. The van der Waals surface area contributed by atoms with Gasteiger partial charge in [0.15, 0.2) is 0 Å². The van der Waals surface area contributed by atoms with E-state index in [0.717, 1.165) is 0 Å². The van der Waals surface area contributed by atoms with Crippen molar-refractivity contribution >= 4 is 51.4 Å². The first-order valence-electron chi connectivity index (χ1n) is 1.10. The van der Waals surface area contributed by atoms with E-state index in [0.29, 0.717) is 0 Å². The van der Waals surface area contributed by atoms with Crippen molar-refractivity contribution < 1.29 is 27.0 Å². The topological polar surface area (TPSA) is 132 Å². The maximum absolute atomic E-state index is 8.25. The van der Waals surface area contributed by atoms with Gasteiger partial charge in [0.2, 0.25) is 0 Å². The van der Waals surface area contributed by atoms with E-state index in [9.17, 15) is 0 Å². The standard InChI is InChI=1S/Co.K.2NO3.H/c;;2*2-1(3)4;/q+2;;2*-1;. The van der Waals surface area contributed by atoms with E-state index in [4.69, 9.17) is 30.6 Å². The molecule has 0 saturated carbocycles. The van der Waals surface area contributed by atoms with Crippen molar-refractivity contribution in [1.29, 1.82) is 0 Å². The van der Waals surface area contributed by atoms with Crippen LogP contribution in [-0.2, 0) is 16.8 Å². The quantitative estimate of drug-likeness (QED) is 0.290. The van der Waals surface area contributed by atoms with Gasteiger partial charge in [-0.2, -0.15) is 0 Å². The summed E-state index contributed by atoms with van der Waals surface area (Å²) in [5.74, 6) is 0. The molecule has 0 amide bonds. The fourth-order valence-electron chi connectivity index (χ4n) is 0. The van der Waals surface area contributed by atoms with Gasteiger partial charge in [0.25, 0.3) is 0 Å². The third-order valence-electron chi connectivity index (χ3n) is 0. The number of hydrogen-bond donors (Lipinski definition) is 0. The van der Waals surface area contributed by atoms with Crippen molar-refractivity contribution in [2.45, 2.75) is 0 Å². The second-order valence-electron chi connectivity index (χ2n) is 0.447. The van der Waals surface area contributed by atoms with Gasteiger partial charge in [0, 0.05) is 0 Å². The molecule has 0 aromatic rings. The van der Waals surface area contributed by atoms with Crippen molar-refractivity contribution in [2.75, 3.05) is 0 Å². The zero-order valence-corrected chi connectivity index (χ0v) is 4.72. The first-order valence-corrected chi connectivity index (χ1v) is 1.10. The van der Waals surface area contributed by atoms with Crippen molar-refractivity contribution in [2.24, 2.45) is 0 Å². The molecule has 0 aromatic heterocycles. The molecule has 0 spiro atoms. The van der Waals surface area contributed by atoms with Crippen LogP contribution >= 0.6 is 0 Å². The Bertz CT molecular complexity index is 73.7. The molecule has 0 atom stereocenters. The van der Waals surface area contributed by atoms with E-state index in [-0.39, 0.29) is 68.2 Å². The Labute approximate surface area is 107 Å². The molecule has 57 valence electrons. The summed E-state index contributed by atoms with van der Waals surface area (Å²) in [6, 6.07) is 0. The summed E-state index contributed by atoms with van der Waals surface area (Å²) < 4.78 is 0. The second-order valence-corrected chi connectivity index (χ2v) is 0.447. The van der Waals surface area contributed by atoms with Crippen molar-refractivity contribution in [3.8, 4) is 0 Å². The normalized spacial score (nSPS) is 4.80. The van der Waals surface area contributed by atoms with Gasteiger partial charge < -0.3 is 30.6 Å². The summed E-state index contributed by atoms with van der Waals surface area (Å²) in [4.78, 5) is 16.5. The van der Waals surface area contributed by atoms with Gasteiger partial charge in [-0.05, 0) is 0 Å². The van der Waals surface area contributed by atoms with Crippen LogP contribution in [0, 0.1) is 30.6 Å². The van der Waals surface area contributed by atoms with E-state index < -0.39 is 10.2 Å². The Kier molecular flexibility index (Phi) is 36.5. The molecule has 0 aliphatic carbocycles. The Morgan fingerprint density at radius 3 is 0.800 bits per heavy atom. The summed E-state index contributed by atoms with van der Waals surface area (Å²) in [5.41, 5.74) is 0. The molecule has 0 N–H and O–H groups in total. The van der Waals surface area contributed by atoms with Gasteiger partial charge >= 0.3 is 68.2 Å². The predicted octanol–water partition coefficient (Wildman–Crippen LogP) is -1.13. The Morgan fingerprint density at radius 1 is 0.800 bits per heavy atom. The van der Waals surface area contributed by atoms with E-state index in [1.165, 1.54) is 0 Å². The first-order chi connectivity index (χ1) is 3.46. The fourth-order valence-corrected chi connectivity index (χ4v) is 0. The molecule has 0 heterocycles. The van der Waals surface area contributed by atoms with Crippen molar-refractivity contribution in [1.82, 2.24) is 0 Å². The fraction of sp³-hybridized carbons (Fsp3) is 0. The summed E-state index contributed by atoms with van der Waals surface area (Å²) in [6.45, 7) is 0. The average Bonchev–Trinajstić information content (AvgIpc) is 1.25. The van der Waals surface area contributed by atoms with E-state index in [1.807, 2.05) is 0 Å². The molecular formula is HCoKN2O6. The van der Waals surface area contributed by atoms with Crippen LogP contribution in [0.4, 0.5) is 0 Å². The van der Waals surface area contributed by atoms with Crippen LogP contribution in [0.2, 0.25) is 0 Å². The zero-order valence-electron chi connectivity index (χ0n) is 3.68. The molecule has 0 saturated heterocycles. The molecule has 10 heteroatoms. The van der Waals surface area contributed by atoms with Gasteiger partial charge in [0.1, 0.15) is 0 Å². The predicted molar refractivity (Wildman–Crippen MR) is 27.9 cm³/mol. The van der Waals surface area contributed by atoms with Crippen molar-refractivity contribution in [3.05, 3.63) is 30.6 Å². The molecule has 0 aromatic carbocycles. The number of hydrogen-bond acceptors (Lipinski definition) is 6. The third kappa shape index (κ3) is 1650. The molecular weight excluding hydrogens is 222 g/mol. The Hall–Kier alpha value is 0.543. The van der Waals surface area contributed by atoms with Gasteiger partial charge in [-0.25, -0.2) is 0 Å². The van der Waals surface area contributed by atoms with E-state index >= 15 is 0 Å². The SMILES string of the molecule is O=[N+]([O-])[O-].O=[N+]([O-])[O-].[Co+2].[KH]. The number of rotatable bonds is 0. The van der Waals surface area contributed by atoms with Crippen LogP contribution in [0.15, 0.2) is 0 Å². The Morgan fingerprint density at radius 2 is 0.800 bits per heavy atom. The van der Waals surface area contributed by atoms with Crippen LogP contribution in [0.3, 0.4) is 0 Å². The molecule has 0 bridgehead atoms. The molecule has 0 aliphatic heterocycles. The molecule has 0 rings (SSSR count). The van der Waals surface area contributed by atoms with Crippen LogP contribution < -0.4 is 0 Å². The van der Waals surface area contributed by atoms with Crippen LogP contribution in [0.5, 0.6) is 0 Å². The molecule has 0 unspecified atom stereocenters. The summed E-state index contributed by atoms with van der Waals surface area (Å²) in [6.07, 6.45) is 0. The third-order valence-corrected chi connectivity index (χ3v) is 0. The van der Waals surface area contributed by atoms with Crippen LogP contribution in [-0.4, -0.2) is 61.6 Å². The average molecular weight is 223 g/mol. The van der Waals surface area contributed by atoms with Gasteiger partial charge in [0.05, 0.1) is 10.2 Å². The zero-order chi connectivity index (χ0) is 7.15. The van der Waals surface area contributed by atoms with Crippen LogP contribution in [0.1, 0.15) is 0 Å². The number of nitrogens with zero attached hydrogens (tertiary/aromatic N) is 2. The van der Waals surface area contributed by atoms with Crippen molar-refractivity contribution in [3.63, 3.8) is 0 Å². The maximum atomic E-state index is 8.25. The molecule has 0 aliphatic rings. The van der Waals surface area contributed by atoms with Gasteiger partial charge in [-0.1, -0.05) is 0 Å². The van der Waals surface area contributed by atoms with Crippen LogP contribution in [0.25, 0.3) is 0 Å². The molecule has 1 radical (unpaired) electrons. The van der Waals surface area contributed by atoms with Gasteiger partial charge in [-0.15, -0.1) is 0 Å². The minimum absolute atomic E-state index is 0. The van der Waals surface area contributed by atoms with Gasteiger partial charge in [-0.3, -0.25) is 0 Å². The molecule has 10 heavy (non-hydrogen) atoms. The second kappa shape index (κ2) is 16.3. The summed E-state index contributed by atoms with van der Waals surface area (Å²) in [7, 11) is 0.